The van der Waals surface area contributed by atoms with Gasteiger partial charge in [0.1, 0.15) is 0 Å². The molecule has 140 valence electrons. The van der Waals surface area contributed by atoms with Crippen LogP contribution in [0.3, 0.4) is 0 Å². The first-order valence-corrected chi connectivity index (χ1v) is 9.48. The van der Waals surface area contributed by atoms with Gasteiger partial charge < -0.3 is 4.90 Å². The van der Waals surface area contributed by atoms with Crippen molar-refractivity contribution in [3.63, 3.8) is 0 Å². The van der Waals surface area contributed by atoms with Gasteiger partial charge in [-0.3, -0.25) is 9.80 Å². The first-order chi connectivity index (χ1) is 10.2. The first-order valence-electron chi connectivity index (χ1n) is 9.48. The maximum atomic E-state index is 2.65. The Morgan fingerprint density at radius 2 is 0.913 bits per heavy atom. The lowest BCUT2D eigenvalue weighted by Gasteiger charge is -2.47. The zero-order valence-corrected chi connectivity index (χ0v) is 18.1. The van der Waals surface area contributed by atoms with Crippen LogP contribution < -0.4 is 0 Å². The van der Waals surface area contributed by atoms with Crippen LogP contribution in [0, 0.1) is 0 Å². The summed E-state index contributed by atoms with van der Waals surface area (Å²) in [5.74, 6) is 0. The van der Waals surface area contributed by atoms with Gasteiger partial charge in [0, 0.05) is 42.8 Å². The molecule has 0 radical (unpaired) electrons. The lowest BCUT2D eigenvalue weighted by atomic mass is 9.95. The first kappa shape index (κ1) is 22.9. The molecule has 23 heavy (non-hydrogen) atoms. The molecule has 0 atom stereocenters. The second-order valence-corrected chi connectivity index (χ2v) is 9.68. The van der Waals surface area contributed by atoms with Crippen LogP contribution in [-0.4, -0.2) is 70.6 Å². The fourth-order valence-corrected chi connectivity index (χ4v) is 3.48. The molecular weight excluding hydrogens is 282 g/mol. The Morgan fingerprint density at radius 1 is 0.522 bits per heavy atom. The van der Waals surface area contributed by atoms with Crippen molar-refractivity contribution < 1.29 is 0 Å². The Kier molecular flexibility index (Phi) is 8.78. The minimum Gasteiger partial charge on any atom is -0.303 e. The van der Waals surface area contributed by atoms with E-state index in [0.29, 0.717) is 0 Å². The maximum absolute atomic E-state index is 2.65. The molecule has 0 heterocycles. The highest BCUT2D eigenvalue weighted by atomic mass is 15.3. The van der Waals surface area contributed by atoms with Crippen LogP contribution >= 0.6 is 0 Å². The van der Waals surface area contributed by atoms with Crippen molar-refractivity contribution in [2.45, 2.75) is 92.8 Å². The molecule has 0 amide bonds. The summed E-state index contributed by atoms with van der Waals surface area (Å²) >= 11 is 0. The Hall–Kier alpha value is -0.120. The Morgan fingerprint density at radius 3 is 1.22 bits per heavy atom. The van der Waals surface area contributed by atoms with E-state index in [0.717, 1.165) is 39.3 Å². The zero-order chi connectivity index (χ0) is 18.5. The van der Waals surface area contributed by atoms with Crippen molar-refractivity contribution in [1.82, 2.24) is 14.7 Å². The van der Waals surface area contributed by atoms with Crippen molar-refractivity contribution in [3.8, 4) is 0 Å². The van der Waals surface area contributed by atoms with E-state index in [1.807, 2.05) is 0 Å². The van der Waals surface area contributed by atoms with Crippen molar-refractivity contribution in [3.05, 3.63) is 0 Å². The monoisotopic (exact) mass is 327 g/mol. The lowest BCUT2D eigenvalue weighted by Crippen LogP contribution is -2.56. The summed E-state index contributed by atoms with van der Waals surface area (Å²) in [7, 11) is 0. The van der Waals surface area contributed by atoms with E-state index in [4.69, 9.17) is 0 Å². The van der Waals surface area contributed by atoms with Crippen molar-refractivity contribution in [1.29, 1.82) is 0 Å². The van der Waals surface area contributed by atoms with E-state index in [9.17, 15) is 0 Å². The third kappa shape index (κ3) is 8.51. The smallest absolute Gasteiger partial charge is 0.0130 e. The molecule has 0 aliphatic heterocycles. The van der Waals surface area contributed by atoms with E-state index in [-0.39, 0.29) is 16.6 Å². The average molecular weight is 328 g/mol. The number of hydrogen-bond donors (Lipinski definition) is 0. The van der Waals surface area contributed by atoms with Gasteiger partial charge in [0.2, 0.25) is 0 Å². The quantitative estimate of drug-likeness (QED) is 0.657. The normalized spacial score (nSPS) is 14.3. The number of nitrogens with zero attached hydrogens (tertiary/aromatic N) is 3. The molecule has 3 heteroatoms. The fourth-order valence-electron chi connectivity index (χ4n) is 3.48. The molecule has 0 aromatic heterocycles. The van der Waals surface area contributed by atoms with Crippen LogP contribution in [0.15, 0.2) is 0 Å². The van der Waals surface area contributed by atoms with Crippen LogP contribution in [0.5, 0.6) is 0 Å². The largest absolute Gasteiger partial charge is 0.303 e. The predicted molar refractivity (Wildman–Crippen MR) is 105 cm³/mol. The topological polar surface area (TPSA) is 9.72 Å². The molecule has 0 aromatic carbocycles. The zero-order valence-electron chi connectivity index (χ0n) is 18.1. The van der Waals surface area contributed by atoms with Crippen molar-refractivity contribution in [2.24, 2.45) is 0 Å². The second-order valence-electron chi connectivity index (χ2n) is 9.68. The third-order valence-electron chi connectivity index (χ3n) is 4.74. The number of rotatable bonds is 8. The van der Waals surface area contributed by atoms with E-state index in [1.54, 1.807) is 0 Å². The van der Waals surface area contributed by atoms with Gasteiger partial charge in [0.05, 0.1) is 0 Å². The molecule has 0 unspecified atom stereocenters. The van der Waals surface area contributed by atoms with Gasteiger partial charge in [-0.05, 0) is 75.4 Å². The van der Waals surface area contributed by atoms with E-state index in [2.05, 4.69) is 90.9 Å². The van der Waals surface area contributed by atoms with Gasteiger partial charge in [0.25, 0.3) is 0 Å². The van der Waals surface area contributed by atoms with Gasteiger partial charge in [0.15, 0.2) is 0 Å². The highest BCUT2D eigenvalue weighted by molar-refractivity contribution is 4.88. The van der Waals surface area contributed by atoms with Gasteiger partial charge in [-0.2, -0.15) is 0 Å². The van der Waals surface area contributed by atoms with Crippen LogP contribution in [0.25, 0.3) is 0 Å². The third-order valence-corrected chi connectivity index (χ3v) is 4.74. The van der Waals surface area contributed by atoms with Gasteiger partial charge in [-0.15, -0.1) is 0 Å². The van der Waals surface area contributed by atoms with E-state index in [1.165, 1.54) is 0 Å². The van der Waals surface area contributed by atoms with Gasteiger partial charge in [-0.25, -0.2) is 0 Å². The summed E-state index contributed by atoms with van der Waals surface area (Å²) in [6, 6.07) is 0. The molecule has 0 aromatic rings. The summed E-state index contributed by atoms with van der Waals surface area (Å²) in [4.78, 5) is 7.80. The molecule has 0 aliphatic rings. The molecule has 0 bridgehead atoms. The minimum atomic E-state index is 0.195. The SMILES string of the molecule is CCN(CC)CCN(CCN(C(C)(C)C)C(C)(C)C)C(C)(C)C. The Balaban J connectivity index is 4.90. The summed E-state index contributed by atoms with van der Waals surface area (Å²) in [5, 5.41) is 0. The molecule has 0 saturated carbocycles. The highest BCUT2D eigenvalue weighted by Crippen LogP contribution is 2.25. The van der Waals surface area contributed by atoms with Crippen molar-refractivity contribution >= 4 is 0 Å². The molecule has 0 saturated heterocycles. The van der Waals surface area contributed by atoms with Crippen LogP contribution in [0.1, 0.15) is 76.2 Å². The van der Waals surface area contributed by atoms with Crippen LogP contribution in [0.2, 0.25) is 0 Å². The maximum Gasteiger partial charge on any atom is 0.0130 e. The molecule has 0 N–H and O–H groups in total. The van der Waals surface area contributed by atoms with Gasteiger partial charge in [-0.1, -0.05) is 13.8 Å². The van der Waals surface area contributed by atoms with Crippen LogP contribution in [-0.2, 0) is 0 Å². The second kappa shape index (κ2) is 8.82. The molecule has 0 spiro atoms. The number of hydrogen-bond acceptors (Lipinski definition) is 3. The Labute approximate surface area is 147 Å². The molecule has 3 nitrogen and oxygen atoms in total. The average Bonchev–Trinajstić information content (AvgIpc) is 2.33. The summed E-state index contributed by atoms with van der Waals surface area (Å²) in [6.07, 6.45) is 0. The summed E-state index contributed by atoms with van der Waals surface area (Å²) in [6.45, 7) is 32.3. The lowest BCUT2D eigenvalue weighted by molar-refractivity contribution is 0.0142. The predicted octanol–water partition coefficient (Wildman–Crippen LogP) is 4.33. The Bertz CT molecular complexity index is 299. The highest BCUT2D eigenvalue weighted by Gasteiger charge is 2.32. The minimum absolute atomic E-state index is 0.195. The molecule has 0 aliphatic carbocycles. The fraction of sp³-hybridized carbons (Fsp3) is 1.00. The standard InChI is InChI=1S/C20H45N3/c1-12-21(13-2)14-15-22(18(3,4)5)16-17-23(19(6,7)8)20(9,10)11/h12-17H2,1-11H3. The van der Waals surface area contributed by atoms with E-state index >= 15 is 0 Å². The van der Waals surface area contributed by atoms with Crippen molar-refractivity contribution in [2.75, 3.05) is 39.3 Å². The molecule has 0 rings (SSSR count). The summed E-state index contributed by atoms with van der Waals surface area (Å²) in [5.41, 5.74) is 0.607. The van der Waals surface area contributed by atoms with Gasteiger partial charge >= 0.3 is 0 Å². The number of likely N-dealkylation sites (N-methyl/N-ethyl adjacent to an activating group) is 1. The summed E-state index contributed by atoms with van der Waals surface area (Å²) < 4.78 is 0. The molecule has 0 fully saturated rings. The van der Waals surface area contributed by atoms with E-state index < -0.39 is 0 Å². The molecular formula is C20H45N3. The van der Waals surface area contributed by atoms with Crippen LogP contribution in [0.4, 0.5) is 0 Å².